The molecule has 0 unspecified atom stereocenters. The van der Waals surface area contributed by atoms with E-state index >= 15 is 0 Å². The van der Waals surface area contributed by atoms with Crippen LogP contribution in [-0.2, 0) is 4.79 Å². The minimum absolute atomic E-state index is 0.155. The van der Waals surface area contributed by atoms with Crippen LogP contribution in [0, 0.1) is 0 Å². The van der Waals surface area contributed by atoms with Crippen molar-refractivity contribution < 1.29 is 14.3 Å². The van der Waals surface area contributed by atoms with Crippen molar-refractivity contribution in [2.24, 2.45) is 0 Å². The summed E-state index contributed by atoms with van der Waals surface area (Å²) >= 11 is 1.01. The van der Waals surface area contributed by atoms with Crippen LogP contribution in [-0.4, -0.2) is 16.1 Å². The summed E-state index contributed by atoms with van der Waals surface area (Å²) in [4.78, 5) is 16.2. The summed E-state index contributed by atoms with van der Waals surface area (Å²) in [5.74, 6) is -1.01. The molecule has 0 aliphatic carbocycles. The van der Waals surface area contributed by atoms with Gasteiger partial charge in [-0.05, 0) is 46.3 Å². The average Bonchev–Trinajstić information content (AvgIpc) is 3.04. The Morgan fingerprint density at radius 1 is 1.00 bits per heavy atom. The number of carboxylic acids is 1. The van der Waals surface area contributed by atoms with Gasteiger partial charge in [0.1, 0.15) is 10.4 Å². The molecule has 25 heavy (non-hydrogen) atoms. The van der Waals surface area contributed by atoms with Gasteiger partial charge in [-0.2, -0.15) is 0 Å². The van der Waals surface area contributed by atoms with Gasteiger partial charge in [-0.3, -0.25) is 0 Å². The molecule has 5 heteroatoms. The van der Waals surface area contributed by atoms with Crippen LogP contribution >= 0.6 is 11.8 Å². The Kier molecular flexibility index (Phi) is 3.99. The molecule has 3 aromatic carbocycles. The van der Waals surface area contributed by atoms with Gasteiger partial charge in [-0.25, -0.2) is 9.78 Å². The predicted molar refractivity (Wildman–Crippen MR) is 99.4 cm³/mol. The zero-order valence-electron chi connectivity index (χ0n) is 13.0. The lowest BCUT2D eigenvalue weighted by Crippen LogP contribution is -1.97. The summed E-state index contributed by atoms with van der Waals surface area (Å²) in [6.45, 7) is 0. The Labute approximate surface area is 147 Å². The van der Waals surface area contributed by atoms with E-state index in [4.69, 9.17) is 4.42 Å². The Morgan fingerprint density at radius 3 is 2.60 bits per heavy atom. The smallest absolute Gasteiger partial charge is 0.342 e. The fourth-order valence-corrected chi connectivity index (χ4v) is 3.38. The highest BCUT2D eigenvalue weighted by Crippen LogP contribution is 2.31. The van der Waals surface area contributed by atoms with E-state index in [0.29, 0.717) is 16.3 Å². The number of carbonyl (C=O) groups is 1. The highest BCUT2D eigenvalue weighted by atomic mass is 32.2. The average molecular weight is 347 g/mol. The number of aromatic nitrogens is 1. The first kappa shape index (κ1) is 15.5. The van der Waals surface area contributed by atoms with Crippen LogP contribution in [0.3, 0.4) is 0 Å². The van der Waals surface area contributed by atoms with E-state index in [1.165, 1.54) is 0 Å². The Morgan fingerprint density at radius 2 is 1.76 bits per heavy atom. The van der Waals surface area contributed by atoms with Crippen LogP contribution in [0.15, 0.2) is 81.3 Å². The molecule has 4 nitrogen and oxygen atoms in total. The van der Waals surface area contributed by atoms with E-state index in [2.05, 4.69) is 4.98 Å². The van der Waals surface area contributed by atoms with Crippen LogP contribution in [0.25, 0.3) is 27.9 Å². The third-order valence-corrected chi connectivity index (χ3v) is 4.65. The molecular formula is C20H13NO3S. The SMILES string of the molecule is O=C(O)/C(=C/c1cccc2ccccc12)Sc1nc2ccccc2o1. The molecule has 1 aromatic heterocycles. The van der Waals surface area contributed by atoms with Crippen molar-refractivity contribution in [1.82, 2.24) is 4.98 Å². The van der Waals surface area contributed by atoms with Gasteiger partial charge in [0.15, 0.2) is 5.58 Å². The summed E-state index contributed by atoms with van der Waals surface area (Å²) < 4.78 is 5.62. The molecule has 4 aromatic rings. The molecule has 1 heterocycles. The molecule has 0 fully saturated rings. The first-order valence-electron chi connectivity index (χ1n) is 7.67. The molecule has 0 aliphatic rings. The molecule has 0 spiro atoms. The molecule has 0 radical (unpaired) electrons. The van der Waals surface area contributed by atoms with Crippen LogP contribution < -0.4 is 0 Å². The van der Waals surface area contributed by atoms with Gasteiger partial charge in [-0.15, -0.1) is 0 Å². The highest BCUT2D eigenvalue weighted by molar-refractivity contribution is 8.03. The van der Waals surface area contributed by atoms with E-state index in [-0.39, 0.29) is 4.91 Å². The van der Waals surface area contributed by atoms with Crippen molar-refractivity contribution >= 4 is 45.7 Å². The van der Waals surface area contributed by atoms with Crippen LogP contribution in [0.2, 0.25) is 0 Å². The molecule has 0 atom stereocenters. The second-order valence-corrected chi connectivity index (χ2v) is 6.42. The molecule has 122 valence electrons. The summed E-state index contributed by atoms with van der Waals surface area (Å²) in [5, 5.41) is 12.0. The number of hydrogen-bond donors (Lipinski definition) is 1. The van der Waals surface area contributed by atoms with E-state index < -0.39 is 5.97 Å². The maximum Gasteiger partial charge on any atom is 0.342 e. The monoisotopic (exact) mass is 347 g/mol. The third-order valence-electron chi connectivity index (χ3n) is 3.79. The van der Waals surface area contributed by atoms with Crippen LogP contribution in [0.4, 0.5) is 0 Å². The van der Waals surface area contributed by atoms with Gasteiger partial charge in [0.25, 0.3) is 5.22 Å². The summed E-state index contributed by atoms with van der Waals surface area (Å²) in [5.41, 5.74) is 2.19. The van der Waals surface area contributed by atoms with E-state index in [1.54, 1.807) is 12.1 Å². The number of para-hydroxylation sites is 2. The van der Waals surface area contributed by atoms with Gasteiger partial charge in [0.2, 0.25) is 0 Å². The topological polar surface area (TPSA) is 63.3 Å². The van der Waals surface area contributed by atoms with Crippen molar-refractivity contribution in [3.05, 3.63) is 77.2 Å². The maximum atomic E-state index is 11.7. The number of rotatable bonds is 4. The number of aliphatic carboxylic acids is 1. The normalized spacial score (nSPS) is 11.9. The fourth-order valence-electron chi connectivity index (χ4n) is 2.64. The van der Waals surface area contributed by atoms with Gasteiger partial charge >= 0.3 is 5.97 Å². The lowest BCUT2D eigenvalue weighted by atomic mass is 10.0. The van der Waals surface area contributed by atoms with Gasteiger partial charge in [0, 0.05) is 0 Å². The number of nitrogens with zero attached hydrogens (tertiary/aromatic N) is 1. The number of hydrogen-bond acceptors (Lipinski definition) is 4. The molecule has 1 N–H and O–H groups in total. The first-order chi connectivity index (χ1) is 12.2. The Balaban J connectivity index is 1.75. The molecule has 0 aliphatic heterocycles. The van der Waals surface area contributed by atoms with Gasteiger partial charge in [-0.1, -0.05) is 54.6 Å². The second-order valence-electron chi connectivity index (χ2n) is 5.43. The number of thioether (sulfide) groups is 1. The van der Waals surface area contributed by atoms with Crippen molar-refractivity contribution in [1.29, 1.82) is 0 Å². The molecule has 0 bridgehead atoms. The lowest BCUT2D eigenvalue weighted by molar-refractivity contribution is -0.131. The summed E-state index contributed by atoms with van der Waals surface area (Å²) in [6, 6.07) is 21.0. The minimum Gasteiger partial charge on any atom is -0.477 e. The van der Waals surface area contributed by atoms with E-state index in [0.717, 1.165) is 28.1 Å². The molecule has 0 saturated carbocycles. The standard InChI is InChI=1S/C20H13NO3S/c22-19(23)18(25-20-21-16-10-3-4-11-17(16)24-20)12-14-8-5-7-13-6-1-2-9-15(13)14/h1-12H,(H,22,23)/b18-12-. The molecule has 0 amide bonds. The van der Waals surface area contributed by atoms with Gasteiger partial charge in [0.05, 0.1) is 0 Å². The van der Waals surface area contributed by atoms with Crippen molar-refractivity contribution in [3.63, 3.8) is 0 Å². The number of oxazole rings is 1. The quantitative estimate of drug-likeness (QED) is 0.406. The summed E-state index contributed by atoms with van der Waals surface area (Å²) in [6.07, 6.45) is 1.66. The largest absolute Gasteiger partial charge is 0.477 e. The fraction of sp³-hybridized carbons (Fsp3) is 0. The zero-order valence-corrected chi connectivity index (χ0v) is 13.9. The maximum absolute atomic E-state index is 11.7. The van der Waals surface area contributed by atoms with Crippen LogP contribution in [0.1, 0.15) is 5.56 Å². The molecule has 0 saturated heterocycles. The lowest BCUT2D eigenvalue weighted by Gasteiger charge is -2.04. The van der Waals surface area contributed by atoms with Crippen molar-refractivity contribution in [2.45, 2.75) is 5.22 Å². The van der Waals surface area contributed by atoms with Gasteiger partial charge < -0.3 is 9.52 Å². The number of carboxylic acid groups (broad SMARTS) is 1. The number of benzene rings is 3. The third kappa shape index (κ3) is 3.14. The van der Waals surface area contributed by atoms with E-state index in [1.807, 2.05) is 60.7 Å². The second kappa shape index (κ2) is 6.45. The molecule has 4 rings (SSSR count). The molecular weight excluding hydrogens is 334 g/mol. The van der Waals surface area contributed by atoms with Crippen molar-refractivity contribution in [2.75, 3.05) is 0 Å². The Hall–Kier alpha value is -3.05. The zero-order chi connectivity index (χ0) is 17.2. The highest BCUT2D eigenvalue weighted by Gasteiger charge is 2.15. The first-order valence-corrected chi connectivity index (χ1v) is 8.48. The predicted octanol–water partition coefficient (Wildman–Crippen LogP) is 5.20. The minimum atomic E-state index is -1.01. The summed E-state index contributed by atoms with van der Waals surface area (Å²) in [7, 11) is 0. The Bertz CT molecular complexity index is 1080. The number of fused-ring (bicyclic) bond motifs is 2. The van der Waals surface area contributed by atoms with Crippen molar-refractivity contribution in [3.8, 4) is 0 Å². The van der Waals surface area contributed by atoms with Crippen LogP contribution in [0.5, 0.6) is 0 Å². The van der Waals surface area contributed by atoms with E-state index in [9.17, 15) is 9.90 Å².